The molecule has 1 atom stereocenters. The van der Waals surface area contributed by atoms with Crippen LogP contribution in [0, 0.1) is 0 Å². The molecule has 0 bridgehead atoms. The quantitative estimate of drug-likeness (QED) is 0.277. The minimum absolute atomic E-state index is 0. The molecule has 39 heavy (non-hydrogen) atoms. The van der Waals surface area contributed by atoms with Crippen LogP contribution in [0.4, 0.5) is 17.1 Å². The van der Waals surface area contributed by atoms with Crippen molar-refractivity contribution in [1.82, 2.24) is 0 Å². The standard InChI is InChI=1S/C24H19N5O7S.2Na/c1-14-21(22(30)29(27-14)15-7-3-2-4-8-15)26-25-19-12-11-16(13-18(19)24(33)34)37(35,36)28-20-10-6-5-9-17(20)23(31)32;;/h2-13,21,28H,1H3,(H,31,32)(H,33,34);;. The van der Waals surface area contributed by atoms with Crippen molar-refractivity contribution in [2.75, 3.05) is 9.73 Å². The molecule has 3 aromatic carbocycles. The summed E-state index contributed by atoms with van der Waals surface area (Å²) in [5, 5.41) is 32.2. The first-order valence-corrected chi connectivity index (χ1v) is 12.1. The van der Waals surface area contributed by atoms with Crippen molar-refractivity contribution in [3.05, 3.63) is 83.9 Å². The first-order valence-electron chi connectivity index (χ1n) is 10.7. The van der Waals surface area contributed by atoms with Gasteiger partial charge in [-0.3, -0.25) is 9.52 Å². The summed E-state index contributed by atoms with van der Waals surface area (Å²) in [6, 6.07) is 16.0. The van der Waals surface area contributed by atoms with Gasteiger partial charge in [0.15, 0.2) is 6.04 Å². The Balaban J connectivity index is 0.00000267. The molecule has 0 fully saturated rings. The van der Waals surface area contributed by atoms with E-state index in [2.05, 4.69) is 20.1 Å². The Morgan fingerprint density at radius 3 is 2.18 bits per heavy atom. The summed E-state index contributed by atoms with van der Waals surface area (Å²) >= 11 is 0. The number of sulfonamides is 1. The van der Waals surface area contributed by atoms with Gasteiger partial charge in [-0.25, -0.2) is 18.0 Å². The molecule has 0 aromatic heterocycles. The zero-order chi connectivity index (χ0) is 26.7. The summed E-state index contributed by atoms with van der Waals surface area (Å²) in [6.07, 6.45) is 0. The van der Waals surface area contributed by atoms with Crippen molar-refractivity contribution in [2.45, 2.75) is 17.9 Å². The Labute approximate surface area is 267 Å². The monoisotopic (exact) mass is 567 g/mol. The number of para-hydroxylation sites is 2. The number of hydrogen-bond acceptors (Lipinski definition) is 8. The molecular formula is C24H19N5Na2O7S. The molecule has 3 aromatic rings. The van der Waals surface area contributed by atoms with Gasteiger partial charge in [0.05, 0.1) is 38.8 Å². The molecule has 1 heterocycles. The third kappa shape index (κ3) is 7.19. The molecule has 2 radical (unpaired) electrons. The minimum Gasteiger partial charge on any atom is -0.478 e. The number of carboxylic acid groups (broad SMARTS) is 2. The van der Waals surface area contributed by atoms with Gasteiger partial charge in [0.25, 0.3) is 15.9 Å². The van der Waals surface area contributed by atoms with Crippen LogP contribution in [-0.4, -0.2) is 107 Å². The van der Waals surface area contributed by atoms with E-state index in [0.717, 1.165) is 18.2 Å². The van der Waals surface area contributed by atoms with Crippen molar-refractivity contribution < 1.29 is 33.0 Å². The minimum atomic E-state index is -4.36. The number of aromatic carboxylic acids is 2. The number of hydrazone groups is 1. The maximum Gasteiger partial charge on any atom is 0.338 e. The fourth-order valence-electron chi connectivity index (χ4n) is 3.47. The van der Waals surface area contributed by atoms with Gasteiger partial charge in [-0.15, -0.1) is 0 Å². The van der Waals surface area contributed by atoms with Crippen LogP contribution in [0.3, 0.4) is 0 Å². The first kappa shape index (κ1) is 32.3. The second-order valence-electron chi connectivity index (χ2n) is 7.79. The molecule has 0 aliphatic carbocycles. The number of hydrogen-bond donors (Lipinski definition) is 3. The van der Waals surface area contributed by atoms with Gasteiger partial charge < -0.3 is 10.2 Å². The molecule has 3 N–H and O–H groups in total. The second kappa shape index (κ2) is 13.4. The molecule has 1 aliphatic rings. The van der Waals surface area contributed by atoms with Crippen LogP contribution in [-0.2, 0) is 14.8 Å². The van der Waals surface area contributed by atoms with Gasteiger partial charge in [0.1, 0.15) is 0 Å². The Hall–Kier alpha value is -2.91. The molecule has 1 unspecified atom stereocenters. The number of amides is 1. The molecule has 0 spiro atoms. The maximum absolute atomic E-state index is 12.9. The zero-order valence-corrected chi connectivity index (χ0v) is 26.0. The van der Waals surface area contributed by atoms with E-state index >= 15 is 0 Å². The third-order valence-corrected chi connectivity index (χ3v) is 6.65. The molecule has 4 rings (SSSR count). The van der Waals surface area contributed by atoms with E-state index in [-0.39, 0.29) is 76.1 Å². The number of nitrogens with one attached hydrogen (secondary N) is 1. The molecular weight excluding hydrogens is 548 g/mol. The number of carbonyl (C=O) groups is 3. The summed E-state index contributed by atoms with van der Waals surface area (Å²) in [7, 11) is -4.36. The van der Waals surface area contributed by atoms with Crippen LogP contribution in [0.1, 0.15) is 27.6 Å². The van der Waals surface area contributed by atoms with Crippen LogP contribution in [0.5, 0.6) is 0 Å². The van der Waals surface area contributed by atoms with Crippen LogP contribution < -0.4 is 9.73 Å². The molecule has 15 heteroatoms. The molecule has 12 nitrogen and oxygen atoms in total. The SMILES string of the molecule is CC1=NN(c2ccccc2)C(=O)C1N=Nc1ccc(S(=O)(=O)Nc2ccccc2C(=O)O)cc1C(=O)O.[Na].[Na]. The fraction of sp³-hybridized carbons (Fsp3) is 0.0833. The number of carboxylic acids is 2. The largest absolute Gasteiger partial charge is 0.478 e. The summed E-state index contributed by atoms with van der Waals surface area (Å²) in [5.74, 6) is -3.30. The predicted octanol–water partition coefficient (Wildman–Crippen LogP) is 3.00. The van der Waals surface area contributed by atoms with Gasteiger partial charge in [0.2, 0.25) is 0 Å². The van der Waals surface area contributed by atoms with Crippen LogP contribution in [0.2, 0.25) is 0 Å². The Morgan fingerprint density at radius 1 is 0.923 bits per heavy atom. The van der Waals surface area contributed by atoms with Gasteiger partial charge >= 0.3 is 11.9 Å². The predicted molar refractivity (Wildman–Crippen MR) is 144 cm³/mol. The molecule has 0 saturated carbocycles. The number of benzene rings is 3. The Morgan fingerprint density at radius 2 is 1.54 bits per heavy atom. The molecule has 190 valence electrons. The summed E-state index contributed by atoms with van der Waals surface area (Å²) < 4.78 is 27.9. The smallest absolute Gasteiger partial charge is 0.338 e. The first-order chi connectivity index (χ1) is 17.6. The fourth-order valence-corrected chi connectivity index (χ4v) is 4.57. The Kier molecular flexibility index (Phi) is 11.1. The van der Waals surface area contributed by atoms with Crippen LogP contribution in [0.25, 0.3) is 0 Å². The number of anilines is 2. The Bertz CT molecular complexity index is 1580. The van der Waals surface area contributed by atoms with Crippen molar-refractivity contribution in [3.63, 3.8) is 0 Å². The average molecular weight is 567 g/mol. The van der Waals surface area contributed by atoms with Gasteiger partial charge in [-0.05, 0) is 49.4 Å². The van der Waals surface area contributed by atoms with Crippen LogP contribution in [0.15, 0.2) is 93.0 Å². The number of carbonyl (C=O) groups excluding carboxylic acids is 1. The second-order valence-corrected chi connectivity index (χ2v) is 9.47. The summed E-state index contributed by atoms with van der Waals surface area (Å²) in [6.45, 7) is 1.58. The zero-order valence-electron chi connectivity index (χ0n) is 21.1. The number of rotatable bonds is 8. The normalized spacial score (nSPS) is 14.8. The molecule has 1 amide bonds. The van der Waals surface area contributed by atoms with E-state index in [9.17, 15) is 33.0 Å². The molecule has 0 saturated heterocycles. The van der Waals surface area contributed by atoms with E-state index in [0.29, 0.717) is 11.4 Å². The number of nitrogens with zero attached hydrogens (tertiary/aromatic N) is 4. The van der Waals surface area contributed by atoms with Gasteiger partial charge in [0, 0.05) is 59.1 Å². The van der Waals surface area contributed by atoms with E-state index in [4.69, 9.17) is 0 Å². The third-order valence-electron chi connectivity index (χ3n) is 5.29. The number of azo groups is 1. The van der Waals surface area contributed by atoms with E-state index in [1.165, 1.54) is 29.3 Å². The van der Waals surface area contributed by atoms with Crippen molar-refractivity contribution in [1.29, 1.82) is 0 Å². The molecule has 1 aliphatic heterocycles. The summed E-state index contributed by atoms with van der Waals surface area (Å²) in [4.78, 5) is 35.6. The van der Waals surface area contributed by atoms with Crippen molar-refractivity contribution >= 4 is 110 Å². The summed E-state index contributed by atoms with van der Waals surface area (Å²) in [5.41, 5.74) is -0.266. The van der Waals surface area contributed by atoms with Crippen molar-refractivity contribution in [3.8, 4) is 0 Å². The van der Waals surface area contributed by atoms with Crippen molar-refractivity contribution in [2.24, 2.45) is 15.3 Å². The van der Waals surface area contributed by atoms with E-state index in [1.807, 2.05) is 0 Å². The van der Waals surface area contributed by atoms with E-state index < -0.39 is 44.4 Å². The topological polar surface area (TPSA) is 178 Å². The maximum atomic E-state index is 12.9. The van der Waals surface area contributed by atoms with Gasteiger partial charge in [-0.1, -0.05) is 30.3 Å². The van der Waals surface area contributed by atoms with Gasteiger partial charge in [-0.2, -0.15) is 20.3 Å². The van der Waals surface area contributed by atoms with E-state index in [1.54, 1.807) is 37.3 Å². The average Bonchev–Trinajstić information content (AvgIpc) is 3.16. The van der Waals surface area contributed by atoms with Crippen LogP contribution >= 0.6 is 0 Å².